The number of nitrogens with zero attached hydrogens (tertiary/aromatic N) is 5. The smallest absolute Gasteiger partial charge is 0.334 e. The number of aromatic nitrogens is 5. The van der Waals surface area contributed by atoms with Crippen molar-refractivity contribution < 1.29 is 9.13 Å². The van der Waals surface area contributed by atoms with Crippen LogP contribution in [0.15, 0.2) is 65.6 Å². The Bertz CT molecular complexity index is 1450. The van der Waals surface area contributed by atoms with E-state index in [1.165, 1.54) is 12.1 Å². The zero-order valence-corrected chi connectivity index (χ0v) is 16.4. The van der Waals surface area contributed by atoms with Crippen LogP contribution < -0.4 is 10.4 Å². The molecule has 0 bridgehead atoms. The van der Waals surface area contributed by atoms with Gasteiger partial charge in [-0.3, -0.25) is 9.13 Å². The van der Waals surface area contributed by atoms with Crippen molar-refractivity contribution in [1.29, 1.82) is 0 Å². The van der Waals surface area contributed by atoms with Gasteiger partial charge in [-0.1, -0.05) is 0 Å². The number of ether oxygens (including phenoxy) is 1. The van der Waals surface area contributed by atoms with Crippen molar-refractivity contribution in [3.05, 3.63) is 77.1 Å². The van der Waals surface area contributed by atoms with Crippen LogP contribution in [-0.2, 0) is 13.6 Å². The molecule has 2 aromatic carbocycles. The normalized spacial score (nSPS) is 11.4. The molecule has 3 aromatic heterocycles. The van der Waals surface area contributed by atoms with Crippen molar-refractivity contribution in [3.8, 4) is 17.4 Å². The highest BCUT2D eigenvalue weighted by atomic mass is 19.1. The molecule has 0 spiro atoms. The van der Waals surface area contributed by atoms with Gasteiger partial charge in [-0.25, -0.2) is 18.7 Å². The minimum absolute atomic E-state index is 0.141. The molecule has 0 unspecified atom stereocenters. The van der Waals surface area contributed by atoms with E-state index >= 15 is 0 Å². The van der Waals surface area contributed by atoms with Crippen molar-refractivity contribution in [1.82, 2.24) is 23.7 Å². The zero-order chi connectivity index (χ0) is 20.8. The maximum atomic E-state index is 13.5. The number of halogens is 1. The Kier molecular flexibility index (Phi) is 4.13. The van der Waals surface area contributed by atoms with Crippen molar-refractivity contribution in [3.63, 3.8) is 0 Å². The van der Waals surface area contributed by atoms with E-state index in [4.69, 9.17) is 4.74 Å². The summed E-state index contributed by atoms with van der Waals surface area (Å²) >= 11 is 0. The molecule has 3 heterocycles. The lowest BCUT2D eigenvalue weighted by molar-refractivity contribution is 0.428. The van der Waals surface area contributed by atoms with Gasteiger partial charge in [-0.2, -0.15) is 4.98 Å². The van der Waals surface area contributed by atoms with Crippen LogP contribution in [0.3, 0.4) is 0 Å². The highest BCUT2D eigenvalue weighted by molar-refractivity contribution is 5.77. The molecule has 0 aliphatic heterocycles. The summed E-state index contributed by atoms with van der Waals surface area (Å²) in [6.07, 6.45) is 1.67. The van der Waals surface area contributed by atoms with E-state index in [1.807, 2.05) is 19.1 Å². The van der Waals surface area contributed by atoms with Crippen LogP contribution in [-0.4, -0.2) is 23.7 Å². The van der Waals surface area contributed by atoms with Gasteiger partial charge in [0.05, 0.1) is 22.2 Å². The van der Waals surface area contributed by atoms with E-state index in [2.05, 4.69) is 9.97 Å². The number of imidazole rings is 2. The van der Waals surface area contributed by atoms with E-state index in [-0.39, 0.29) is 11.5 Å². The summed E-state index contributed by atoms with van der Waals surface area (Å²) in [4.78, 5) is 21.7. The lowest BCUT2D eigenvalue weighted by atomic mass is 10.3. The van der Waals surface area contributed by atoms with Crippen LogP contribution >= 0.6 is 0 Å². The number of benzene rings is 2. The average Bonchev–Trinajstić information content (AvgIpc) is 3.22. The maximum Gasteiger partial charge on any atom is 0.334 e. The highest BCUT2D eigenvalue weighted by Crippen LogP contribution is 2.26. The Morgan fingerprint density at radius 2 is 1.87 bits per heavy atom. The van der Waals surface area contributed by atoms with Gasteiger partial charge < -0.3 is 4.74 Å². The second-order valence-electron chi connectivity index (χ2n) is 6.89. The van der Waals surface area contributed by atoms with Gasteiger partial charge in [0, 0.05) is 19.8 Å². The largest absolute Gasteiger partial charge is 0.425 e. The van der Waals surface area contributed by atoms with E-state index in [9.17, 15) is 9.18 Å². The van der Waals surface area contributed by atoms with E-state index < -0.39 is 0 Å². The summed E-state index contributed by atoms with van der Waals surface area (Å²) in [6.45, 7) is 2.49. The second kappa shape index (κ2) is 6.84. The van der Waals surface area contributed by atoms with Crippen LogP contribution in [0.1, 0.15) is 6.92 Å². The third-order valence-electron chi connectivity index (χ3n) is 5.11. The number of pyridine rings is 1. The fourth-order valence-corrected chi connectivity index (χ4v) is 3.62. The van der Waals surface area contributed by atoms with Crippen LogP contribution in [0.5, 0.6) is 11.8 Å². The van der Waals surface area contributed by atoms with Gasteiger partial charge in [0.25, 0.3) is 0 Å². The van der Waals surface area contributed by atoms with E-state index in [0.717, 1.165) is 5.52 Å². The Hall–Kier alpha value is -3.94. The van der Waals surface area contributed by atoms with Crippen LogP contribution in [0.4, 0.5) is 4.39 Å². The van der Waals surface area contributed by atoms with Crippen LogP contribution in [0.2, 0.25) is 0 Å². The van der Waals surface area contributed by atoms with Gasteiger partial charge >= 0.3 is 11.7 Å². The van der Waals surface area contributed by atoms with E-state index in [1.54, 1.807) is 57.3 Å². The monoisotopic (exact) mass is 403 g/mol. The molecule has 0 aliphatic carbocycles. The molecule has 30 heavy (non-hydrogen) atoms. The number of aryl methyl sites for hydroxylation is 2. The molecule has 0 N–H and O–H groups in total. The van der Waals surface area contributed by atoms with Crippen molar-refractivity contribution in [2.75, 3.05) is 0 Å². The van der Waals surface area contributed by atoms with Crippen molar-refractivity contribution in [2.45, 2.75) is 13.5 Å². The number of hydrogen-bond acceptors (Lipinski definition) is 4. The number of rotatable bonds is 4. The predicted molar refractivity (Wildman–Crippen MR) is 112 cm³/mol. The first-order valence-corrected chi connectivity index (χ1v) is 9.53. The van der Waals surface area contributed by atoms with Gasteiger partial charge in [0.2, 0.25) is 0 Å². The Labute approximate surface area is 170 Å². The Morgan fingerprint density at radius 3 is 2.63 bits per heavy atom. The molecule has 0 fully saturated rings. The summed E-state index contributed by atoms with van der Waals surface area (Å²) in [5.74, 6) is 0.226. The van der Waals surface area contributed by atoms with Crippen molar-refractivity contribution in [2.24, 2.45) is 7.05 Å². The Morgan fingerprint density at radius 1 is 1.07 bits per heavy atom. The molecule has 0 radical (unpaired) electrons. The summed E-state index contributed by atoms with van der Waals surface area (Å²) in [5.41, 5.74) is 3.24. The SMILES string of the molecule is CCn1c(=O)n(-c2ccc(Oc3nc4ccc(F)cc4n3C)cc2)c2ncccc21. The molecule has 8 heteroatoms. The molecule has 7 nitrogen and oxygen atoms in total. The first-order valence-electron chi connectivity index (χ1n) is 9.53. The highest BCUT2D eigenvalue weighted by Gasteiger charge is 2.15. The fourth-order valence-electron chi connectivity index (χ4n) is 3.62. The minimum Gasteiger partial charge on any atom is -0.425 e. The quantitative estimate of drug-likeness (QED) is 0.455. The summed E-state index contributed by atoms with van der Waals surface area (Å²) in [5, 5.41) is 0. The summed E-state index contributed by atoms with van der Waals surface area (Å²) < 4.78 is 24.4. The fraction of sp³-hybridized carbons (Fsp3) is 0.136. The molecule has 0 amide bonds. The topological polar surface area (TPSA) is 66.9 Å². The zero-order valence-electron chi connectivity index (χ0n) is 16.4. The molecule has 150 valence electrons. The number of fused-ring (bicyclic) bond motifs is 2. The van der Waals surface area contributed by atoms with E-state index in [0.29, 0.717) is 40.7 Å². The molecule has 0 atom stereocenters. The van der Waals surface area contributed by atoms with Gasteiger partial charge in [0.15, 0.2) is 5.65 Å². The second-order valence-corrected chi connectivity index (χ2v) is 6.89. The molecule has 0 saturated carbocycles. The third kappa shape index (κ3) is 2.76. The third-order valence-corrected chi connectivity index (χ3v) is 5.11. The van der Waals surface area contributed by atoms with Crippen LogP contribution in [0.25, 0.3) is 27.9 Å². The van der Waals surface area contributed by atoms with Gasteiger partial charge in [0.1, 0.15) is 11.6 Å². The van der Waals surface area contributed by atoms with Gasteiger partial charge in [-0.15, -0.1) is 0 Å². The van der Waals surface area contributed by atoms with Crippen LogP contribution in [0, 0.1) is 5.82 Å². The lowest BCUT2D eigenvalue weighted by Crippen LogP contribution is -2.22. The molecule has 5 aromatic rings. The molecule has 0 saturated heterocycles. The Balaban J connectivity index is 1.52. The maximum absolute atomic E-state index is 13.5. The van der Waals surface area contributed by atoms with Crippen molar-refractivity contribution >= 4 is 22.2 Å². The standard InChI is InChI=1S/C22H18FN5O2/c1-3-27-18-5-4-12-24-20(18)28(22(27)29)15-7-9-16(10-8-15)30-21-25-17-11-6-14(23)13-19(17)26(21)2/h4-13H,3H2,1-2H3. The molecular formula is C22H18FN5O2. The van der Waals surface area contributed by atoms with Gasteiger partial charge in [-0.05, 0) is 61.5 Å². The molecule has 0 aliphatic rings. The lowest BCUT2D eigenvalue weighted by Gasteiger charge is -2.07. The number of hydrogen-bond donors (Lipinski definition) is 0. The molecular weight excluding hydrogens is 385 g/mol. The average molecular weight is 403 g/mol. The minimum atomic E-state index is -0.327. The molecule has 5 rings (SSSR count). The first-order chi connectivity index (χ1) is 14.6. The summed E-state index contributed by atoms with van der Waals surface area (Å²) in [6, 6.07) is 15.6. The first kappa shape index (κ1) is 18.1. The summed E-state index contributed by atoms with van der Waals surface area (Å²) in [7, 11) is 1.77. The predicted octanol–water partition coefficient (Wildman–Crippen LogP) is 4.03.